The van der Waals surface area contributed by atoms with E-state index in [-0.39, 0.29) is 23.2 Å². The molecule has 0 aliphatic heterocycles. The van der Waals surface area contributed by atoms with E-state index in [1.807, 2.05) is 6.07 Å². The Morgan fingerprint density at radius 2 is 1.87 bits per heavy atom. The smallest absolute Gasteiger partial charge is 0.379 e. The van der Waals surface area contributed by atoms with Gasteiger partial charge in [-0.2, -0.15) is 18.4 Å². The number of nitriles is 1. The number of alkyl halides is 3. The number of benzene rings is 2. The van der Waals surface area contributed by atoms with Crippen molar-refractivity contribution in [2.24, 2.45) is 11.8 Å². The minimum absolute atomic E-state index is 0.0876. The first-order valence-corrected chi connectivity index (χ1v) is 15.5. The molecule has 46 heavy (non-hydrogen) atoms. The predicted molar refractivity (Wildman–Crippen MR) is 170 cm³/mol. The number of pyridine rings is 1. The molecule has 1 aromatic heterocycles. The largest absolute Gasteiger partial charge is 0.416 e. The third kappa shape index (κ3) is 7.91. The zero-order valence-corrected chi connectivity index (χ0v) is 26.5. The van der Waals surface area contributed by atoms with Crippen LogP contribution in [0.4, 0.5) is 23.2 Å². The van der Waals surface area contributed by atoms with Gasteiger partial charge in [-0.15, -0.1) is 0 Å². The number of nitrogens with zero attached hydrogens (tertiary/aromatic N) is 3. The quantitative estimate of drug-likeness (QED) is 0.116. The van der Waals surface area contributed by atoms with E-state index in [0.29, 0.717) is 29.3 Å². The van der Waals surface area contributed by atoms with Crippen LogP contribution in [-0.2, 0) is 10.4 Å². The highest BCUT2D eigenvalue weighted by molar-refractivity contribution is 6.01. The molecule has 3 unspecified atom stereocenters. The molecule has 4 rings (SSSR count). The van der Waals surface area contributed by atoms with Gasteiger partial charge in [0.05, 0.1) is 28.6 Å². The summed E-state index contributed by atoms with van der Waals surface area (Å²) in [7, 11) is 1.46. The summed E-state index contributed by atoms with van der Waals surface area (Å²) in [4.78, 5) is 19.9. The Hall–Kier alpha value is -4.29. The SMILES string of the molecule is CCC=C(C=C(C(=O)C(C)C(C)c1cc(C(O)(CCC2CC2)c2ccccn2)ccc1F)N(C)c1cccc(C#N)c1)C(F)(F)F. The number of Topliss-reactive ketones (excluding diaryl/α,β-unsaturated/α-hetero) is 1. The molecule has 0 bridgehead atoms. The van der Waals surface area contributed by atoms with E-state index in [2.05, 4.69) is 4.98 Å². The topological polar surface area (TPSA) is 77.2 Å². The van der Waals surface area contributed by atoms with Crippen LogP contribution in [0.2, 0.25) is 0 Å². The van der Waals surface area contributed by atoms with Crippen molar-refractivity contribution in [1.29, 1.82) is 5.26 Å². The fourth-order valence-corrected chi connectivity index (χ4v) is 5.61. The van der Waals surface area contributed by atoms with Crippen LogP contribution in [0.5, 0.6) is 0 Å². The van der Waals surface area contributed by atoms with Crippen molar-refractivity contribution in [1.82, 2.24) is 4.98 Å². The summed E-state index contributed by atoms with van der Waals surface area (Å²) in [5.74, 6) is -2.46. The molecule has 2 aromatic carbocycles. The van der Waals surface area contributed by atoms with Gasteiger partial charge in [0.2, 0.25) is 0 Å². The van der Waals surface area contributed by atoms with E-state index in [4.69, 9.17) is 0 Å². The Morgan fingerprint density at radius 3 is 2.48 bits per heavy atom. The molecule has 5 nitrogen and oxygen atoms in total. The Balaban J connectivity index is 1.75. The minimum Gasteiger partial charge on any atom is -0.379 e. The molecule has 1 aliphatic carbocycles. The van der Waals surface area contributed by atoms with E-state index < -0.39 is 40.8 Å². The molecule has 0 radical (unpaired) electrons. The molecule has 1 fully saturated rings. The van der Waals surface area contributed by atoms with Crippen LogP contribution in [0.15, 0.2) is 90.3 Å². The van der Waals surface area contributed by atoms with Gasteiger partial charge in [0, 0.05) is 24.8 Å². The molecule has 0 amide bonds. The highest BCUT2D eigenvalue weighted by atomic mass is 19.4. The van der Waals surface area contributed by atoms with Crippen LogP contribution >= 0.6 is 0 Å². The lowest BCUT2D eigenvalue weighted by Crippen LogP contribution is -2.31. The van der Waals surface area contributed by atoms with Crippen molar-refractivity contribution in [2.45, 2.75) is 70.6 Å². The Morgan fingerprint density at radius 1 is 1.13 bits per heavy atom. The summed E-state index contributed by atoms with van der Waals surface area (Å²) < 4.78 is 57.6. The second-order valence-electron chi connectivity index (χ2n) is 12.1. The number of carbonyl (C=O) groups excluding carboxylic acids is 1. The minimum atomic E-state index is -4.72. The number of rotatable bonds is 13. The first-order chi connectivity index (χ1) is 21.8. The lowest BCUT2D eigenvalue weighted by atomic mass is 9.80. The fourth-order valence-electron chi connectivity index (χ4n) is 5.61. The number of anilines is 1. The maximum atomic E-state index is 15.5. The molecule has 3 atom stereocenters. The number of aliphatic hydroxyl groups is 1. The standard InChI is InChI=1S/C37H39F4N3O2/c1-5-9-29(37(39,40)41)22-33(44(4)30-11-8-10-27(20-30)23-42)35(45)25(3)24(2)31-21-28(15-16-32(31)38)36(46,18-17-26-13-14-26)34-12-6-7-19-43-34/h6-12,15-16,19-22,24-26,46H,5,13-14,17-18H2,1-4H3. The van der Waals surface area contributed by atoms with Crippen molar-refractivity contribution in [2.75, 3.05) is 11.9 Å². The third-order valence-corrected chi connectivity index (χ3v) is 8.85. The van der Waals surface area contributed by atoms with Gasteiger partial charge in [0.15, 0.2) is 5.78 Å². The zero-order valence-electron chi connectivity index (χ0n) is 26.5. The van der Waals surface area contributed by atoms with Crippen molar-refractivity contribution >= 4 is 11.5 Å². The normalized spacial score (nSPS) is 16.7. The van der Waals surface area contributed by atoms with Gasteiger partial charge in [-0.1, -0.05) is 57.9 Å². The van der Waals surface area contributed by atoms with Gasteiger partial charge in [-0.05, 0) is 90.8 Å². The summed E-state index contributed by atoms with van der Waals surface area (Å²) in [5, 5.41) is 21.4. The van der Waals surface area contributed by atoms with Gasteiger partial charge < -0.3 is 10.0 Å². The predicted octanol–water partition coefficient (Wildman–Crippen LogP) is 8.75. The Kier molecular flexibility index (Phi) is 10.8. The number of allylic oxidation sites excluding steroid dienone is 4. The van der Waals surface area contributed by atoms with Gasteiger partial charge in [0.25, 0.3) is 0 Å². The van der Waals surface area contributed by atoms with Crippen LogP contribution in [0.1, 0.15) is 81.2 Å². The Bertz CT molecular complexity index is 1640. The highest BCUT2D eigenvalue weighted by Crippen LogP contribution is 2.42. The molecule has 0 saturated heterocycles. The molecular weight excluding hydrogens is 594 g/mol. The number of likely N-dealkylation sites (N-methyl/N-ethyl adjacent to an activating group) is 1. The van der Waals surface area contributed by atoms with Crippen molar-refractivity contribution in [3.63, 3.8) is 0 Å². The zero-order chi connectivity index (χ0) is 33.6. The van der Waals surface area contributed by atoms with Crippen LogP contribution in [-0.4, -0.2) is 29.1 Å². The maximum absolute atomic E-state index is 15.5. The summed E-state index contributed by atoms with van der Waals surface area (Å²) in [6, 6.07) is 17.8. The highest BCUT2D eigenvalue weighted by Gasteiger charge is 2.38. The van der Waals surface area contributed by atoms with Gasteiger partial charge in [-0.3, -0.25) is 9.78 Å². The summed E-state index contributed by atoms with van der Waals surface area (Å²) in [5.41, 5.74) is -1.08. The lowest BCUT2D eigenvalue weighted by molar-refractivity contribution is -0.119. The second-order valence-corrected chi connectivity index (χ2v) is 12.1. The van der Waals surface area contributed by atoms with E-state index in [1.54, 1.807) is 69.4 Å². The van der Waals surface area contributed by atoms with Gasteiger partial charge >= 0.3 is 6.18 Å². The molecule has 1 N–H and O–H groups in total. The molecule has 9 heteroatoms. The maximum Gasteiger partial charge on any atom is 0.416 e. The molecule has 1 aliphatic rings. The number of ketones is 1. The van der Waals surface area contributed by atoms with Crippen molar-refractivity contribution < 1.29 is 27.5 Å². The number of hydrogen-bond donors (Lipinski definition) is 1. The monoisotopic (exact) mass is 633 g/mol. The number of halogens is 4. The fraction of sp³-hybridized carbons (Fsp3) is 0.378. The third-order valence-electron chi connectivity index (χ3n) is 8.85. The molecule has 3 aromatic rings. The van der Waals surface area contributed by atoms with Crippen LogP contribution in [0, 0.1) is 29.0 Å². The van der Waals surface area contributed by atoms with Crippen LogP contribution in [0.25, 0.3) is 0 Å². The summed E-state index contributed by atoms with van der Waals surface area (Å²) in [6.45, 7) is 4.77. The van der Waals surface area contributed by atoms with Crippen molar-refractivity contribution in [3.8, 4) is 6.07 Å². The van der Waals surface area contributed by atoms with Crippen LogP contribution in [0.3, 0.4) is 0 Å². The van der Waals surface area contributed by atoms with Crippen LogP contribution < -0.4 is 4.90 Å². The average Bonchev–Trinajstić information content (AvgIpc) is 3.89. The summed E-state index contributed by atoms with van der Waals surface area (Å²) in [6.07, 6.45) is 2.12. The number of hydrogen-bond acceptors (Lipinski definition) is 5. The van der Waals surface area contributed by atoms with E-state index >= 15 is 4.39 Å². The number of carbonyl (C=O) groups is 1. The first-order valence-electron chi connectivity index (χ1n) is 15.5. The van der Waals surface area contributed by atoms with E-state index in [1.165, 1.54) is 30.1 Å². The molecule has 242 valence electrons. The molecule has 1 saturated carbocycles. The number of aromatic nitrogens is 1. The lowest BCUT2D eigenvalue weighted by Gasteiger charge is -2.31. The molecule has 1 heterocycles. The second kappa shape index (κ2) is 14.4. The molecule has 0 spiro atoms. The van der Waals surface area contributed by atoms with E-state index in [9.17, 15) is 28.3 Å². The molecular formula is C37H39F4N3O2. The van der Waals surface area contributed by atoms with E-state index in [0.717, 1.165) is 31.4 Å². The van der Waals surface area contributed by atoms with Crippen molar-refractivity contribution in [3.05, 3.63) is 118 Å². The Labute approximate surface area is 267 Å². The summed E-state index contributed by atoms with van der Waals surface area (Å²) >= 11 is 0. The van der Waals surface area contributed by atoms with Gasteiger partial charge in [-0.25, -0.2) is 4.39 Å². The van der Waals surface area contributed by atoms with Gasteiger partial charge in [0.1, 0.15) is 11.4 Å². The average molecular weight is 634 g/mol. The first kappa shape index (κ1) is 34.6.